The average Bonchev–Trinajstić information content (AvgIpc) is 2.39. The van der Waals surface area contributed by atoms with Crippen molar-refractivity contribution in [1.82, 2.24) is 4.90 Å². The predicted octanol–water partition coefficient (Wildman–Crippen LogP) is 4.78. The molecule has 2 nitrogen and oxygen atoms in total. The third-order valence-corrected chi connectivity index (χ3v) is 4.57. The van der Waals surface area contributed by atoms with Gasteiger partial charge in [0.05, 0.1) is 0 Å². The molecule has 21 heavy (non-hydrogen) atoms. The van der Waals surface area contributed by atoms with Crippen molar-refractivity contribution in [1.29, 1.82) is 0 Å². The summed E-state index contributed by atoms with van der Waals surface area (Å²) in [6.07, 6.45) is 6.52. The highest BCUT2D eigenvalue weighted by Crippen LogP contribution is 2.20. The quantitative estimate of drug-likeness (QED) is 0.530. The third kappa shape index (κ3) is 12.2. The Morgan fingerprint density at radius 3 is 1.62 bits per heavy atom. The van der Waals surface area contributed by atoms with Crippen molar-refractivity contribution in [3.63, 3.8) is 0 Å². The summed E-state index contributed by atoms with van der Waals surface area (Å²) in [4.78, 5) is 2.69. The van der Waals surface area contributed by atoms with E-state index in [2.05, 4.69) is 46.4 Å². The lowest BCUT2D eigenvalue weighted by Crippen LogP contribution is -2.29. The highest BCUT2D eigenvalue weighted by atomic mass is 15.1. The van der Waals surface area contributed by atoms with Gasteiger partial charge in [0.25, 0.3) is 0 Å². The van der Waals surface area contributed by atoms with E-state index in [4.69, 9.17) is 5.73 Å². The molecule has 0 aromatic rings. The number of nitrogens with two attached hydrogens (primary N) is 1. The molecular weight excluding hydrogens is 256 g/mol. The fourth-order valence-corrected chi connectivity index (χ4v) is 2.82. The Labute approximate surface area is 134 Å². The van der Waals surface area contributed by atoms with Crippen LogP contribution in [0.15, 0.2) is 0 Å². The van der Waals surface area contributed by atoms with Gasteiger partial charge in [0.15, 0.2) is 0 Å². The second-order valence-electron chi connectivity index (χ2n) is 7.93. The Morgan fingerprint density at radius 1 is 0.714 bits per heavy atom. The Hall–Kier alpha value is -0.0800. The summed E-state index contributed by atoms with van der Waals surface area (Å²) in [5, 5.41) is 0. The van der Waals surface area contributed by atoms with E-state index in [-0.39, 0.29) is 0 Å². The van der Waals surface area contributed by atoms with Gasteiger partial charge in [0.1, 0.15) is 0 Å². The van der Waals surface area contributed by atoms with Gasteiger partial charge in [-0.05, 0) is 82.0 Å². The first-order valence-electron chi connectivity index (χ1n) is 9.29. The van der Waals surface area contributed by atoms with Gasteiger partial charge in [-0.1, -0.05) is 41.5 Å². The zero-order chi connectivity index (χ0) is 16.3. The van der Waals surface area contributed by atoms with Crippen LogP contribution >= 0.6 is 0 Å². The van der Waals surface area contributed by atoms with Crippen LogP contribution in [0.2, 0.25) is 0 Å². The van der Waals surface area contributed by atoms with E-state index in [1.807, 2.05) is 0 Å². The van der Waals surface area contributed by atoms with Gasteiger partial charge in [-0.3, -0.25) is 0 Å². The number of hydrogen-bond acceptors (Lipinski definition) is 2. The number of nitrogens with zero attached hydrogens (tertiary/aromatic N) is 1. The van der Waals surface area contributed by atoms with Crippen LogP contribution in [0.3, 0.4) is 0 Å². The van der Waals surface area contributed by atoms with Crippen LogP contribution in [0, 0.1) is 23.7 Å². The van der Waals surface area contributed by atoms with Crippen molar-refractivity contribution in [2.75, 3.05) is 26.2 Å². The van der Waals surface area contributed by atoms with Crippen LogP contribution in [0.1, 0.15) is 73.6 Å². The van der Waals surface area contributed by atoms with E-state index in [9.17, 15) is 0 Å². The topological polar surface area (TPSA) is 29.3 Å². The van der Waals surface area contributed by atoms with Crippen molar-refractivity contribution >= 4 is 0 Å². The average molecular weight is 299 g/mol. The molecule has 0 bridgehead atoms. The van der Waals surface area contributed by atoms with E-state index >= 15 is 0 Å². The van der Waals surface area contributed by atoms with Gasteiger partial charge in [0.2, 0.25) is 0 Å². The highest BCUT2D eigenvalue weighted by molar-refractivity contribution is 4.67. The molecule has 0 amide bonds. The normalized spacial score (nSPS) is 13.9. The Morgan fingerprint density at radius 2 is 1.24 bits per heavy atom. The van der Waals surface area contributed by atoms with E-state index in [1.54, 1.807) is 0 Å². The first kappa shape index (κ1) is 20.9. The minimum Gasteiger partial charge on any atom is -0.330 e. The summed E-state index contributed by atoms with van der Waals surface area (Å²) >= 11 is 0. The first-order valence-corrected chi connectivity index (χ1v) is 9.29. The van der Waals surface area contributed by atoms with Crippen molar-refractivity contribution in [3.05, 3.63) is 0 Å². The molecule has 1 atom stereocenters. The van der Waals surface area contributed by atoms with E-state index in [0.29, 0.717) is 0 Å². The Kier molecular flexibility index (Phi) is 12.4. The molecule has 0 aliphatic carbocycles. The van der Waals surface area contributed by atoms with Crippen LogP contribution in [0.25, 0.3) is 0 Å². The maximum Gasteiger partial charge on any atom is -0.00163 e. The molecule has 0 aromatic carbocycles. The molecule has 0 aliphatic rings. The maximum absolute atomic E-state index is 5.75. The van der Waals surface area contributed by atoms with Crippen LogP contribution < -0.4 is 5.73 Å². The highest BCUT2D eigenvalue weighted by Gasteiger charge is 2.13. The lowest BCUT2D eigenvalue weighted by Gasteiger charge is -2.26. The van der Waals surface area contributed by atoms with Gasteiger partial charge in [-0.2, -0.15) is 0 Å². The standard InChI is InChI=1S/C19H42N2/c1-16(2)10-14-21(15-11-17(3)4)13-7-8-19(9-12-20)18(5)6/h16-19H,7-15,20H2,1-6H3. The molecule has 0 aromatic heterocycles. The molecule has 0 fully saturated rings. The van der Waals surface area contributed by atoms with E-state index in [0.717, 1.165) is 30.2 Å². The fraction of sp³-hybridized carbons (Fsp3) is 1.00. The van der Waals surface area contributed by atoms with Gasteiger partial charge in [0, 0.05) is 0 Å². The van der Waals surface area contributed by atoms with Crippen LogP contribution in [-0.2, 0) is 0 Å². The minimum atomic E-state index is 0.772. The first-order chi connectivity index (χ1) is 9.86. The smallest absolute Gasteiger partial charge is 0.00163 e. The Bertz CT molecular complexity index is 212. The molecule has 1 unspecified atom stereocenters. The predicted molar refractivity (Wildman–Crippen MR) is 96.6 cm³/mol. The van der Waals surface area contributed by atoms with Crippen LogP contribution in [0.4, 0.5) is 0 Å². The second kappa shape index (κ2) is 12.5. The SMILES string of the molecule is CC(C)CCN(CCCC(CCN)C(C)C)CCC(C)C. The van der Waals surface area contributed by atoms with Crippen molar-refractivity contribution in [2.45, 2.75) is 73.6 Å². The van der Waals surface area contributed by atoms with Crippen molar-refractivity contribution in [3.8, 4) is 0 Å². The molecule has 0 saturated carbocycles. The lowest BCUT2D eigenvalue weighted by molar-refractivity contribution is 0.225. The van der Waals surface area contributed by atoms with Crippen LogP contribution in [0.5, 0.6) is 0 Å². The Balaban J connectivity index is 4.12. The monoisotopic (exact) mass is 298 g/mol. The number of hydrogen-bond donors (Lipinski definition) is 1. The van der Waals surface area contributed by atoms with Gasteiger partial charge in [-0.15, -0.1) is 0 Å². The summed E-state index contributed by atoms with van der Waals surface area (Å²) in [5.74, 6) is 3.21. The third-order valence-electron chi connectivity index (χ3n) is 4.57. The summed E-state index contributed by atoms with van der Waals surface area (Å²) < 4.78 is 0. The van der Waals surface area contributed by atoms with Gasteiger partial charge < -0.3 is 10.6 Å². The number of rotatable bonds is 13. The molecule has 0 heterocycles. The molecular formula is C19H42N2. The second-order valence-corrected chi connectivity index (χ2v) is 7.93. The molecule has 0 aliphatic heterocycles. The molecule has 128 valence electrons. The van der Waals surface area contributed by atoms with Gasteiger partial charge >= 0.3 is 0 Å². The molecule has 0 radical (unpaired) electrons. The zero-order valence-corrected chi connectivity index (χ0v) is 15.7. The molecule has 0 spiro atoms. The molecule has 0 rings (SSSR count). The molecule has 0 saturated heterocycles. The van der Waals surface area contributed by atoms with Gasteiger partial charge in [-0.25, -0.2) is 0 Å². The van der Waals surface area contributed by atoms with Crippen LogP contribution in [-0.4, -0.2) is 31.1 Å². The lowest BCUT2D eigenvalue weighted by atomic mass is 9.88. The van der Waals surface area contributed by atoms with E-state index in [1.165, 1.54) is 51.7 Å². The molecule has 2 heteroatoms. The van der Waals surface area contributed by atoms with E-state index < -0.39 is 0 Å². The summed E-state index contributed by atoms with van der Waals surface area (Å²) in [7, 11) is 0. The zero-order valence-electron chi connectivity index (χ0n) is 15.7. The van der Waals surface area contributed by atoms with Crippen molar-refractivity contribution < 1.29 is 0 Å². The van der Waals surface area contributed by atoms with Crippen molar-refractivity contribution in [2.24, 2.45) is 29.4 Å². The fourth-order valence-electron chi connectivity index (χ4n) is 2.82. The summed E-state index contributed by atoms with van der Waals surface area (Å²) in [6, 6.07) is 0. The summed E-state index contributed by atoms with van der Waals surface area (Å²) in [6.45, 7) is 18.7. The minimum absolute atomic E-state index is 0.772. The summed E-state index contributed by atoms with van der Waals surface area (Å²) in [5.41, 5.74) is 5.75. The molecule has 2 N–H and O–H groups in total. The maximum atomic E-state index is 5.75. The largest absolute Gasteiger partial charge is 0.330 e.